The molecule has 238 valence electrons. The molecule has 40 heavy (non-hydrogen) atoms. The molecule has 11 nitrogen and oxygen atoms in total. The number of ether oxygens (including phenoxy) is 10. The molecule has 1 saturated heterocycles. The number of carbonyl (C=O) groups excluding carboxylic acids is 1. The maximum Gasteiger partial charge on any atom is 0.305 e. The molecule has 0 N–H and O–H groups in total. The Labute approximate surface area is 241 Å². The third-order valence-electron chi connectivity index (χ3n) is 5.88. The molecule has 0 amide bonds. The van der Waals surface area contributed by atoms with Gasteiger partial charge in [0.05, 0.1) is 99.1 Å². The normalized spacial score (nSPS) is 15.5. The largest absolute Gasteiger partial charge is 0.463 e. The first kappa shape index (κ1) is 37.1. The van der Waals surface area contributed by atoms with Crippen LogP contribution in [0.25, 0.3) is 0 Å². The summed E-state index contributed by atoms with van der Waals surface area (Å²) in [5, 5.41) is 0. The second-order valence-corrected chi connectivity index (χ2v) is 9.34. The highest BCUT2D eigenvalue weighted by atomic mass is 16.7. The van der Waals surface area contributed by atoms with Crippen molar-refractivity contribution in [3.8, 4) is 0 Å². The standard InChI is InChI=1S/C29H56O11/c1-2-3-4-5-6-9-28(30)38-26-24-36-22-20-34-18-16-32-14-12-31-13-15-33-17-19-35-21-23-37-25-27-40-29-10-7-8-11-39-29/h29H,2-27H2,1H3. The fourth-order valence-corrected chi connectivity index (χ4v) is 3.66. The van der Waals surface area contributed by atoms with Crippen LogP contribution in [0.1, 0.15) is 64.7 Å². The average Bonchev–Trinajstić information content (AvgIpc) is 2.97. The molecule has 1 aliphatic heterocycles. The third-order valence-corrected chi connectivity index (χ3v) is 5.88. The fraction of sp³-hybridized carbons (Fsp3) is 0.966. The van der Waals surface area contributed by atoms with Gasteiger partial charge in [0, 0.05) is 13.0 Å². The Kier molecular flexibility index (Phi) is 28.8. The van der Waals surface area contributed by atoms with Gasteiger partial charge in [0.2, 0.25) is 0 Å². The van der Waals surface area contributed by atoms with Crippen LogP contribution in [0, 0.1) is 0 Å². The Morgan fingerprint density at radius 2 is 1.02 bits per heavy atom. The number of esters is 1. The number of rotatable bonds is 31. The quantitative estimate of drug-likeness (QED) is 0.0887. The molecule has 1 unspecified atom stereocenters. The van der Waals surface area contributed by atoms with Crippen LogP contribution in [0.2, 0.25) is 0 Å². The summed E-state index contributed by atoms with van der Waals surface area (Å²) in [4.78, 5) is 11.6. The summed E-state index contributed by atoms with van der Waals surface area (Å²) in [5.41, 5.74) is 0. The van der Waals surface area contributed by atoms with Gasteiger partial charge in [-0.2, -0.15) is 0 Å². The van der Waals surface area contributed by atoms with Gasteiger partial charge in [-0.05, 0) is 25.7 Å². The lowest BCUT2D eigenvalue weighted by molar-refractivity contribution is -0.169. The number of unbranched alkanes of at least 4 members (excludes halogenated alkanes) is 4. The van der Waals surface area contributed by atoms with Gasteiger partial charge in [0.15, 0.2) is 6.29 Å². The Morgan fingerprint density at radius 1 is 0.575 bits per heavy atom. The molecule has 11 heteroatoms. The molecule has 0 aromatic heterocycles. The van der Waals surface area contributed by atoms with Gasteiger partial charge in [-0.25, -0.2) is 0 Å². The van der Waals surface area contributed by atoms with Crippen molar-refractivity contribution < 1.29 is 52.2 Å². The van der Waals surface area contributed by atoms with Gasteiger partial charge < -0.3 is 47.4 Å². The van der Waals surface area contributed by atoms with E-state index in [1.165, 1.54) is 25.7 Å². The van der Waals surface area contributed by atoms with Gasteiger partial charge in [-0.1, -0.05) is 32.6 Å². The van der Waals surface area contributed by atoms with E-state index in [1.54, 1.807) is 0 Å². The lowest BCUT2D eigenvalue weighted by Gasteiger charge is -2.22. The molecule has 0 saturated carbocycles. The summed E-state index contributed by atoms with van der Waals surface area (Å²) in [5.74, 6) is -0.143. The molecule has 1 heterocycles. The third kappa shape index (κ3) is 27.3. The van der Waals surface area contributed by atoms with Crippen LogP contribution < -0.4 is 0 Å². The molecule has 1 fully saturated rings. The van der Waals surface area contributed by atoms with E-state index < -0.39 is 0 Å². The molecular formula is C29H56O11. The predicted molar refractivity (Wildman–Crippen MR) is 150 cm³/mol. The molecule has 1 rings (SSSR count). The minimum Gasteiger partial charge on any atom is -0.463 e. The van der Waals surface area contributed by atoms with Crippen molar-refractivity contribution >= 4 is 5.97 Å². The molecule has 0 aliphatic carbocycles. The molecule has 0 spiro atoms. The summed E-state index contributed by atoms with van der Waals surface area (Å²) in [7, 11) is 0. The highest BCUT2D eigenvalue weighted by Crippen LogP contribution is 2.13. The van der Waals surface area contributed by atoms with Crippen LogP contribution in [0.15, 0.2) is 0 Å². The van der Waals surface area contributed by atoms with Crippen LogP contribution >= 0.6 is 0 Å². The Hall–Kier alpha value is -0.890. The van der Waals surface area contributed by atoms with Crippen molar-refractivity contribution in [2.45, 2.75) is 71.0 Å². The van der Waals surface area contributed by atoms with Crippen LogP contribution in [0.5, 0.6) is 0 Å². The summed E-state index contributed by atoms with van der Waals surface area (Å²) >= 11 is 0. The summed E-state index contributed by atoms with van der Waals surface area (Å²) in [6.07, 6.45) is 9.29. The zero-order valence-corrected chi connectivity index (χ0v) is 25.0. The minimum absolute atomic E-state index is 0.0646. The Balaban J connectivity index is 1.64. The van der Waals surface area contributed by atoms with Crippen molar-refractivity contribution in [1.82, 2.24) is 0 Å². The van der Waals surface area contributed by atoms with Crippen LogP contribution in [-0.4, -0.2) is 125 Å². The zero-order valence-electron chi connectivity index (χ0n) is 25.0. The molecule has 0 radical (unpaired) electrons. The average molecular weight is 581 g/mol. The maximum atomic E-state index is 11.6. The first-order valence-corrected chi connectivity index (χ1v) is 15.3. The van der Waals surface area contributed by atoms with E-state index in [9.17, 15) is 4.79 Å². The second kappa shape index (κ2) is 31.1. The van der Waals surface area contributed by atoms with Crippen molar-refractivity contribution in [1.29, 1.82) is 0 Å². The SMILES string of the molecule is CCCCCCCC(=O)OCCOCCOCCOCCOCCOCCOCCOCCOC1CCCCO1. The van der Waals surface area contributed by atoms with Crippen molar-refractivity contribution in [3.63, 3.8) is 0 Å². The van der Waals surface area contributed by atoms with Gasteiger partial charge in [-0.3, -0.25) is 4.79 Å². The van der Waals surface area contributed by atoms with E-state index in [2.05, 4.69) is 6.92 Å². The van der Waals surface area contributed by atoms with Crippen molar-refractivity contribution in [2.24, 2.45) is 0 Å². The van der Waals surface area contributed by atoms with E-state index in [1.807, 2.05) is 0 Å². The van der Waals surface area contributed by atoms with Crippen LogP contribution in [0.3, 0.4) is 0 Å². The number of hydrogen-bond donors (Lipinski definition) is 0. The number of carbonyl (C=O) groups is 1. The molecule has 0 bridgehead atoms. The van der Waals surface area contributed by atoms with Crippen molar-refractivity contribution in [3.05, 3.63) is 0 Å². The molecule has 0 aromatic carbocycles. The molecule has 0 aromatic rings. The Bertz CT molecular complexity index is 518. The predicted octanol–water partition coefficient (Wildman–Crippen LogP) is 3.55. The van der Waals surface area contributed by atoms with E-state index >= 15 is 0 Å². The minimum atomic E-state index is -0.143. The lowest BCUT2D eigenvalue weighted by atomic mass is 10.1. The highest BCUT2D eigenvalue weighted by molar-refractivity contribution is 5.69. The Morgan fingerprint density at radius 3 is 1.48 bits per heavy atom. The number of hydrogen-bond acceptors (Lipinski definition) is 11. The monoisotopic (exact) mass is 580 g/mol. The van der Waals surface area contributed by atoms with Gasteiger partial charge >= 0.3 is 5.97 Å². The van der Waals surface area contributed by atoms with E-state index in [4.69, 9.17) is 47.4 Å². The smallest absolute Gasteiger partial charge is 0.305 e. The summed E-state index contributed by atoms with van der Waals surface area (Å²) < 4.78 is 54.4. The fourth-order valence-electron chi connectivity index (χ4n) is 3.66. The zero-order chi connectivity index (χ0) is 28.6. The first-order chi connectivity index (χ1) is 19.8. The van der Waals surface area contributed by atoms with E-state index in [0.717, 1.165) is 32.3 Å². The van der Waals surface area contributed by atoms with Gasteiger partial charge in [0.1, 0.15) is 6.61 Å². The maximum absolute atomic E-state index is 11.6. The van der Waals surface area contributed by atoms with Gasteiger partial charge in [-0.15, -0.1) is 0 Å². The molecule has 1 aliphatic rings. The van der Waals surface area contributed by atoms with Crippen molar-refractivity contribution in [2.75, 3.05) is 112 Å². The molecule has 1 atom stereocenters. The first-order valence-electron chi connectivity index (χ1n) is 15.3. The van der Waals surface area contributed by atoms with Crippen LogP contribution in [0.4, 0.5) is 0 Å². The highest BCUT2D eigenvalue weighted by Gasteiger charge is 2.13. The molecular weight excluding hydrogens is 524 g/mol. The van der Waals surface area contributed by atoms with E-state index in [0.29, 0.717) is 112 Å². The van der Waals surface area contributed by atoms with E-state index in [-0.39, 0.29) is 12.3 Å². The lowest BCUT2D eigenvalue weighted by Crippen LogP contribution is -2.24. The summed E-state index contributed by atoms with van der Waals surface area (Å²) in [6, 6.07) is 0. The second-order valence-electron chi connectivity index (χ2n) is 9.34. The van der Waals surface area contributed by atoms with Crippen LogP contribution in [-0.2, 0) is 52.2 Å². The summed E-state index contributed by atoms with van der Waals surface area (Å²) in [6.45, 7) is 10.8. The van der Waals surface area contributed by atoms with Gasteiger partial charge in [0.25, 0.3) is 0 Å². The topological polar surface area (TPSA) is 109 Å².